The normalized spacial score (nSPS) is 13.3. The number of rotatable bonds is 12. The van der Waals surface area contributed by atoms with Crippen molar-refractivity contribution in [1.29, 1.82) is 0 Å². The fourth-order valence-corrected chi connectivity index (χ4v) is 5.72. The second kappa shape index (κ2) is 12.9. The minimum Gasteiger partial charge on any atom is -0.415 e. The lowest BCUT2D eigenvalue weighted by Crippen LogP contribution is -2.54. The first kappa shape index (κ1) is 29.0. The maximum atomic E-state index is 6.81. The summed E-state index contributed by atoms with van der Waals surface area (Å²) in [7, 11) is -1.98. The van der Waals surface area contributed by atoms with Gasteiger partial charge in [-0.2, -0.15) is 0 Å². The van der Waals surface area contributed by atoms with E-state index in [-0.39, 0.29) is 11.1 Å². The van der Waals surface area contributed by atoms with E-state index in [1.807, 2.05) is 6.07 Å². The molecule has 39 heavy (non-hydrogen) atoms. The van der Waals surface area contributed by atoms with Crippen molar-refractivity contribution in [3.8, 4) is 0 Å². The Hall–Kier alpha value is -3.02. The van der Waals surface area contributed by atoms with Crippen molar-refractivity contribution in [3.63, 3.8) is 0 Å². The maximum absolute atomic E-state index is 6.81. The molecule has 0 spiro atoms. The molecule has 204 valence electrons. The zero-order chi connectivity index (χ0) is 27.8. The van der Waals surface area contributed by atoms with E-state index in [0.29, 0.717) is 19.8 Å². The van der Waals surface area contributed by atoms with Crippen molar-refractivity contribution >= 4 is 8.32 Å². The lowest BCUT2D eigenvalue weighted by molar-refractivity contribution is 0.0728. The Morgan fingerprint density at radius 3 is 1.44 bits per heavy atom. The summed E-state index contributed by atoms with van der Waals surface area (Å²) in [5.74, 6) is 0. The van der Waals surface area contributed by atoms with Crippen LogP contribution in [0.1, 0.15) is 43.0 Å². The first-order chi connectivity index (χ1) is 18.7. The maximum Gasteiger partial charge on any atom is 0.192 e. The Balaban J connectivity index is 1.74. The molecule has 0 aliphatic carbocycles. The molecule has 4 aromatic carbocycles. The highest BCUT2D eigenvalue weighted by Gasteiger charge is 2.41. The second-order valence-corrected chi connectivity index (χ2v) is 16.6. The second-order valence-electron chi connectivity index (χ2n) is 11.8. The minimum atomic E-state index is -1.98. The van der Waals surface area contributed by atoms with Crippen molar-refractivity contribution < 1.29 is 9.16 Å². The average molecular weight is 538 g/mol. The Morgan fingerprint density at radius 2 is 1.03 bits per heavy atom. The molecule has 0 aliphatic heterocycles. The van der Waals surface area contributed by atoms with Gasteiger partial charge in [0.2, 0.25) is 0 Å². The van der Waals surface area contributed by atoms with Crippen LogP contribution in [0, 0.1) is 0 Å². The van der Waals surface area contributed by atoms with Gasteiger partial charge in [-0.1, -0.05) is 142 Å². The Bertz CT molecular complexity index is 1160. The zero-order valence-electron chi connectivity index (χ0n) is 24.1. The minimum absolute atomic E-state index is 0.0524. The van der Waals surface area contributed by atoms with Gasteiger partial charge in [0.15, 0.2) is 8.32 Å². The van der Waals surface area contributed by atoms with Crippen LogP contribution in [0.5, 0.6) is 0 Å². The van der Waals surface area contributed by atoms with Gasteiger partial charge in [0, 0.05) is 0 Å². The zero-order valence-corrected chi connectivity index (χ0v) is 25.1. The highest BCUT2D eigenvalue weighted by molar-refractivity contribution is 6.74. The van der Waals surface area contributed by atoms with E-state index in [2.05, 4.69) is 154 Å². The highest BCUT2D eigenvalue weighted by atomic mass is 28.4. The molecular weight excluding hydrogens is 494 g/mol. The molecule has 0 radical (unpaired) electrons. The molecule has 3 nitrogen and oxygen atoms in total. The summed E-state index contributed by atoms with van der Waals surface area (Å²) in [5.41, 5.74) is 4.14. The molecule has 4 aromatic rings. The summed E-state index contributed by atoms with van der Waals surface area (Å²) in [6.45, 7) is 13.1. The highest BCUT2D eigenvalue weighted by Crippen LogP contribution is 2.39. The van der Waals surface area contributed by atoms with Crippen molar-refractivity contribution in [2.75, 3.05) is 13.2 Å². The van der Waals surface area contributed by atoms with E-state index in [9.17, 15) is 0 Å². The SMILES string of the molecule is CC(C)(C)[Si](C)(C)OCC(COCc1ccccc1)NC(c1ccccc1)(c1ccccc1)c1ccccc1. The molecule has 0 aliphatic rings. The van der Waals surface area contributed by atoms with E-state index >= 15 is 0 Å². The number of ether oxygens (including phenoxy) is 1. The van der Waals surface area contributed by atoms with Crippen LogP contribution in [0.4, 0.5) is 0 Å². The molecule has 0 bridgehead atoms. The van der Waals surface area contributed by atoms with E-state index in [1.54, 1.807) is 0 Å². The van der Waals surface area contributed by atoms with E-state index in [0.717, 1.165) is 0 Å². The van der Waals surface area contributed by atoms with Crippen LogP contribution in [-0.4, -0.2) is 27.6 Å². The van der Waals surface area contributed by atoms with Gasteiger partial charge in [-0.15, -0.1) is 0 Å². The largest absolute Gasteiger partial charge is 0.415 e. The summed E-state index contributed by atoms with van der Waals surface area (Å²) >= 11 is 0. The van der Waals surface area contributed by atoms with Crippen molar-refractivity contribution in [1.82, 2.24) is 5.32 Å². The number of nitrogens with one attached hydrogen (secondary N) is 1. The van der Waals surface area contributed by atoms with Gasteiger partial charge in [-0.25, -0.2) is 0 Å². The van der Waals surface area contributed by atoms with Crippen LogP contribution >= 0.6 is 0 Å². The average Bonchev–Trinajstić information content (AvgIpc) is 2.96. The third-order valence-electron chi connectivity index (χ3n) is 7.92. The van der Waals surface area contributed by atoms with Crippen LogP contribution in [0.3, 0.4) is 0 Å². The molecule has 0 heterocycles. The number of hydrogen-bond acceptors (Lipinski definition) is 3. The summed E-state index contributed by atoms with van der Waals surface area (Å²) in [6, 6.07) is 42.5. The number of hydrogen-bond donors (Lipinski definition) is 1. The van der Waals surface area contributed by atoms with Crippen LogP contribution < -0.4 is 5.32 Å². The fraction of sp³-hybridized carbons (Fsp3) is 0.314. The summed E-state index contributed by atoms with van der Waals surface area (Å²) < 4.78 is 13.2. The van der Waals surface area contributed by atoms with Crippen LogP contribution in [0.15, 0.2) is 121 Å². The van der Waals surface area contributed by atoms with Crippen molar-refractivity contribution in [2.24, 2.45) is 0 Å². The van der Waals surface area contributed by atoms with Gasteiger partial charge in [0.1, 0.15) is 0 Å². The molecule has 0 saturated carbocycles. The lowest BCUT2D eigenvalue weighted by atomic mass is 9.76. The first-order valence-corrected chi connectivity index (χ1v) is 16.8. The summed E-state index contributed by atoms with van der Waals surface area (Å²) in [4.78, 5) is 0. The molecule has 0 aromatic heterocycles. The van der Waals surface area contributed by atoms with Crippen LogP contribution in [-0.2, 0) is 21.3 Å². The third-order valence-corrected chi connectivity index (χ3v) is 12.4. The van der Waals surface area contributed by atoms with Crippen LogP contribution in [0.25, 0.3) is 0 Å². The van der Waals surface area contributed by atoms with E-state index < -0.39 is 13.9 Å². The molecule has 4 rings (SSSR count). The predicted octanol–water partition coefficient (Wildman–Crippen LogP) is 8.18. The van der Waals surface area contributed by atoms with E-state index in [1.165, 1.54) is 22.3 Å². The monoisotopic (exact) mass is 537 g/mol. The first-order valence-electron chi connectivity index (χ1n) is 13.9. The molecule has 1 N–H and O–H groups in total. The predicted molar refractivity (Wildman–Crippen MR) is 165 cm³/mol. The van der Waals surface area contributed by atoms with Crippen molar-refractivity contribution in [3.05, 3.63) is 144 Å². The Labute approximate surface area is 236 Å². The quantitative estimate of drug-likeness (QED) is 0.146. The summed E-state index contributed by atoms with van der Waals surface area (Å²) in [5, 5.41) is 4.22. The third kappa shape index (κ3) is 7.14. The number of benzene rings is 4. The molecule has 4 heteroatoms. The van der Waals surface area contributed by atoms with Crippen molar-refractivity contribution in [2.45, 2.75) is 57.1 Å². The molecule has 0 amide bonds. The van der Waals surface area contributed by atoms with Gasteiger partial charge < -0.3 is 9.16 Å². The molecule has 1 unspecified atom stereocenters. The smallest absolute Gasteiger partial charge is 0.192 e. The Kier molecular flexibility index (Phi) is 9.57. The van der Waals surface area contributed by atoms with Gasteiger partial charge >= 0.3 is 0 Å². The van der Waals surface area contributed by atoms with E-state index in [4.69, 9.17) is 9.16 Å². The molecular formula is C35H43NO2Si. The van der Waals surface area contributed by atoms with Gasteiger partial charge in [0.25, 0.3) is 0 Å². The molecule has 1 atom stereocenters. The standard InChI is InChI=1S/C35H43NO2Si/c1-34(2,3)39(4,5)38-28-33(27-37-26-29-18-10-6-11-19-29)36-35(30-20-12-7-13-21-30,31-22-14-8-15-23-31)32-24-16-9-17-25-32/h6-25,33,36H,26-28H2,1-5H3. The molecule has 0 fully saturated rings. The fourth-order valence-electron chi connectivity index (χ4n) is 4.67. The van der Waals surface area contributed by atoms with Crippen LogP contribution in [0.2, 0.25) is 18.1 Å². The lowest BCUT2D eigenvalue weighted by Gasteiger charge is -2.42. The molecule has 0 saturated heterocycles. The topological polar surface area (TPSA) is 30.5 Å². The van der Waals surface area contributed by atoms with Gasteiger partial charge in [0.05, 0.1) is 31.4 Å². The Morgan fingerprint density at radius 1 is 0.615 bits per heavy atom. The van der Waals surface area contributed by atoms with Gasteiger partial charge in [-0.3, -0.25) is 5.32 Å². The van der Waals surface area contributed by atoms with Gasteiger partial charge in [-0.05, 0) is 40.4 Å². The summed E-state index contributed by atoms with van der Waals surface area (Å²) in [6.07, 6.45) is 0.